The van der Waals surface area contributed by atoms with Gasteiger partial charge in [-0.3, -0.25) is 4.79 Å². The number of benzene rings is 1. The van der Waals surface area contributed by atoms with E-state index in [0.29, 0.717) is 11.5 Å². The lowest BCUT2D eigenvalue weighted by Gasteiger charge is -2.09. The maximum Gasteiger partial charge on any atom is 0.252 e. The first kappa shape index (κ1) is 11.4. The number of pyridine rings is 1. The molecule has 2 aromatic rings. The zero-order valence-corrected chi connectivity index (χ0v) is 9.95. The molecule has 3 heteroatoms. The molecule has 0 saturated heterocycles. The van der Waals surface area contributed by atoms with Gasteiger partial charge in [-0.1, -0.05) is 32.0 Å². The molecular formula is C14H14N2O. The number of H-pyrrole nitrogens is 1. The number of nitriles is 1. The van der Waals surface area contributed by atoms with Gasteiger partial charge in [-0.2, -0.15) is 5.26 Å². The lowest BCUT2D eigenvalue weighted by atomic mass is 9.99. The second kappa shape index (κ2) is 4.42. The summed E-state index contributed by atoms with van der Waals surface area (Å²) in [6, 6.07) is 9.77. The second-order valence-electron chi connectivity index (χ2n) is 4.42. The molecule has 0 unspecified atom stereocenters. The van der Waals surface area contributed by atoms with E-state index < -0.39 is 0 Å². The van der Waals surface area contributed by atoms with Crippen LogP contribution in [0.2, 0.25) is 0 Å². The Balaban J connectivity index is 2.74. The molecule has 0 saturated carbocycles. The van der Waals surface area contributed by atoms with E-state index in [1.165, 1.54) is 0 Å². The van der Waals surface area contributed by atoms with Crippen LogP contribution in [-0.4, -0.2) is 4.98 Å². The molecule has 0 spiro atoms. The van der Waals surface area contributed by atoms with Crippen molar-refractivity contribution in [2.24, 2.45) is 0 Å². The summed E-state index contributed by atoms with van der Waals surface area (Å²) in [5.41, 5.74) is 2.38. The molecule has 0 fully saturated rings. The number of rotatable bonds is 2. The van der Waals surface area contributed by atoms with E-state index in [4.69, 9.17) is 5.26 Å². The summed E-state index contributed by atoms with van der Waals surface area (Å²) < 4.78 is 0. The third-order valence-corrected chi connectivity index (χ3v) is 2.88. The van der Waals surface area contributed by atoms with Crippen molar-refractivity contribution < 1.29 is 0 Å². The zero-order chi connectivity index (χ0) is 12.4. The van der Waals surface area contributed by atoms with E-state index in [2.05, 4.69) is 18.8 Å². The largest absolute Gasteiger partial charge is 0.321 e. The van der Waals surface area contributed by atoms with E-state index in [0.717, 1.165) is 16.5 Å². The Hall–Kier alpha value is -2.08. The van der Waals surface area contributed by atoms with Gasteiger partial charge in [-0.05, 0) is 22.9 Å². The van der Waals surface area contributed by atoms with Crippen molar-refractivity contribution >= 4 is 10.9 Å². The molecule has 0 aliphatic rings. The van der Waals surface area contributed by atoms with E-state index in [-0.39, 0.29) is 12.0 Å². The first-order valence-corrected chi connectivity index (χ1v) is 5.65. The van der Waals surface area contributed by atoms with Crippen molar-refractivity contribution in [3.63, 3.8) is 0 Å². The number of hydrogen-bond donors (Lipinski definition) is 1. The Kier molecular flexibility index (Phi) is 2.97. The van der Waals surface area contributed by atoms with Gasteiger partial charge in [0.25, 0.3) is 5.56 Å². The molecule has 0 amide bonds. The smallest absolute Gasteiger partial charge is 0.252 e. The van der Waals surface area contributed by atoms with Crippen LogP contribution in [0.4, 0.5) is 0 Å². The van der Waals surface area contributed by atoms with Gasteiger partial charge >= 0.3 is 0 Å². The average Bonchev–Trinajstić information content (AvgIpc) is 2.29. The highest BCUT2D eigenvalue weighted by atomic mass is 16.1. The Morgan fingerprint density at radius 3 is 2.82 bits per heavy atom. The Morgan fingerprint density at radius 1 is 1.41 bits per heavy atom. The fourth-order valence-corrected chi connectivity index (χ4v) is 2.00. The maximum atomic E-state index is 11.8. The molecule has 0 atom stereocenters. The van der Waals surface area contributed by atoms with Gasteiger partial charge in [-0.15, -0.1) is 0 Å². The molecule has 1 aromatic heterocycles. The average molecular weight is 226 g/mol. The number of para-hydroxylation sites is 1. The van der Waals surface area contributed by atoms with Crippen LogP contribution in [0.25, 0.3) is 10.9 Å². The highest BCUT2D eigenvalue weighted by Crippen LogP contribution is 2.22. The highest BCUT2D eigenvalue weighted by Gasteiger charge is 2.08. The molecule has 3 nitrogen and oxygen atoms in total. The quantitative estimate of drug-likeness (QED) is 0.855. The number of nitrogens with zero attached hydrogens (tertiary/aromatic N) is 1. The molecule has 0 aliphatic carbocycles. The fraction of sp³-hybridized carbons (Fsp3) is 0.286. The lowest BCUT2D eigenvalue weighted by molar-refractivity contribution is 0.871. The molecule has 1 aromatic carbocycles. The molecule has 1 heterocycles. The number of aromatic nitrogens is 1. The number of fused-ring (bicyclic) bond motifs is 1. The predicted octanol–water partition coefficient (Wildman–Crippen LogP) is 2.72. The topological polar surface area (TPSA) is 56.6 Å². The van der Waals surface area contributed by atoms with Crippen LogP contribution in [0.3, 0.4) is 0 Å². The summed E-state index contributed by atoms with van der Waals surface area (Å²) in [4.78, 5) is 14.7. The summed E-state index contributed by atoms with van der Waals surface area (Å²) in [7, 11) is 0. The van der Waals surface area contributed by atoms with Crippen LogP contribution in [0.5, 0.6) is 0 Å². The molecule has 0 aliphatic heterocycles. The Labute approximate surface area is 99.7 Å². The second-order valence-corrected chi connectivity index (χ2v) is 4.42. The lowest BCUT2D eigenvalue weighted by Crippen LogP contribution is -2.12. The van der Waals surface area contributed by atoms with Crippen LogP contribution in [0, 0.1) is 11.3 Å². The Morgan fingerprint density at radius 2 is 2.18 bits per heavy atom. The van der Waals surface area contributed by atoms with Gasteiger partial charge in [0.15, 0.2) is 0 Å². The van der Waals surface area contributed by atoms with Crippen molar-refractivity contribution in [2.45, 2.75) is 26.2 Å². The summed E-state index contributed by atoms with van der Waals surface area (Å²) in [5.74, 6) is 0.358. The molecule has 2 rings (SSSR count). The monoisotopic (exact) mass is 226 g/mol. The normalized spacial score (nSPS) is 10.7. The van der Waals surface area contributed by atoms with Crippen LogP contribution >= 0.6 is 0 Å². The summed E-state index contributed by atoms with van der Waals surface area (Å²) in [6.07, 6.45) is 0.150. The minimum absolute atomic E-state index is 0.150. The minimum atomic E-state index is -0.160. The van der Waals surface area contributed by atoms with Gasteiger partial charge in [0.05, 0.1) is 18.0 Å². The summed E-state index contributed by atoms with van der Waals surface area (Å²) in [6.45, 7) is 4.19. The SMILES string of the molecule is CC(C)c1cccc2cc(CC#N)c(=O)[nH]c12. The molecule has 1 N–H and O–H groups in total. The van der Waals surface area contributed by atoms with Crippen LogP contribution < -0.4 is 5.56 Å². The maximum absolute atomic E-state index is 11.8. The molecule has 0 radical (unpaired) electrons. The Bertz CT molecular complexity index is 647. The molecule has 86 valence electrons. The van der Waals surface area contributed by atoms with E-state index in [1.807, 2.05) is 30.3 Å². The third-order valence-electron chi connectivity index (χ3n) is 2.88. The first-order valence-electron chi connectivity index (χ1n) is 5.65. The summed E-state index contributed by atoms with van der Waals surface area (Å²) >= 11 is 0. The van der Waals surface area contributed by atoms with Gasteiger partial charge < -0.3 is 4.98 Å². The first-order chi connectivity index (χ1) is 8.13. The molecule has 0 bridgehead atoms. The number of aromatic amines is 1. The standard InChI is InChI=1S/C14H14N2O/c1-9(2)12-5-3-4-10-8-11(6-7-15)14(17)16-13(10)12/h3-5,8-9H,6H2,1-2H3,(H,16,17). The van der Waals surface area contributed by atoms with Crippen LogP contribution in [-0.2, 0) is 6.42 Å². The fourth-order valence-electron chi connectivity index (χ4n) is 2.00. The van der Waals surface area contributed by atoms with Gasteiger partial charge in [0.2, 0.25) is 0 Å². The van der Waals surface area contributed by atoms with Crippen LogP contribution in [0.1, 0.15) is 30.9 Å². The van der Waals surface area contributed by atoms with Crippen molar-refractivity contribution in [3.8, 4) is 6.07 Å². The molecular weight excluding hydrogens is 212 g/mol. The summed E-state index contributed by atoms with van der Waals surface area (Å²) in [5, 5.41) is 9.64. The van der Waals surface area contributed by atoms with Gasteiger partial charge in [0.1, 0.15) is 0 Å². The van der Waals surface area contributed by atoms with E-state index >= 15 is 0 Å². The van der Waals surface area contributed by atoms with Crippen molar-refractivity contribution in [1.29, 1.82) is 5.26 Å². The van der Waals surface area contributed by atoms with Crippen molar-refractivity contribution in [1.82, 2.24) is 4.98 Å². The van der Waals surface area contributed by atoms with Gasteiger partial charge in [-0.25, -0.2) is 0 Å². The van der Waals surface area contributed by atoms with Gasteiger partial charge in [0, 0.05) is 5.56 Å². The number of nitrogens with one attached hydrogen (secondary N) is 1. The van der Waals surface area contributed by atoms with Crippen molar-refractivity contribution in [3.05, 3.63) is 45.7 Å². The zero-order valence-electron chi connectivity index (χ0n) is 9.95. The highest BCUT2D eigenvalue weighted by molar-refractivity contribution is 5.82. The van der Waals surface area contributed by atoms with Crippen molar-refractivity contribution in [2.75, 3.05) is 0 Å². The van der Waals surface area contributed by atoms with E-state index in [9.17, 15) is 4.79 Å². The van der Waals surface area contributed by atoms with E-state index in [1.54, 1.807) is 0 Å². The number of hydrogen-bond acceptors (Lipinski definition) is 2. The molecule has 17 heavy (non-hydrogen) atoms. The third kappa shape index (κ3) is 2.07. The minimum Gasteiger partial charge on any atom is -0.321 e. The predicted molar refractivity (Wildman–Crippen MR) is 68.0 cm³/mol. The van der Waals surface area contributed by atoms with Crippen LogP contribution in [0.15, 0.2) is 29.1 Å².